The first-order valence-electron chi connectivity index (χ1n) is 8.47. The Morgan fingerprint density at radius 3 is 2.44 bits per heavy atom. The summed E-state index contributed by atoms with van der Waals surface area (Å²) in [6.07, 6.45) is 5.31. The van der Waals surface area contributed by atoms with Crippen molar-refractivity contribution in [2.24, 2.45) is 0 Å². The van der Waals surface area contributed by atoms with E-state index in [4.69, 9.17) is 4.74 Å². The number of carbonyl (C=O) groups excluding carboxylic acids is 1. The smallest absolute Gasteiger partial charge is 0.407 e. The third-order valence-electron chi connectivity index (χ3n) is 4.24. The van der Waals surface area contributed by atoms with Gasteiger partial charge in [0.2, 0.25) is 10.0 Å². The third kappa shape index (κ3) is 5.40. The van der Waals surface area contributed by atoms with Crippen LogP contribution in [0.2, 0.25) is 0 Å². The van der Waals surface area contributed by atoms with E-state index in [1.807, 2.05) is 20.8 Å². The Labute approximate surface area is 149 Å². The number of hydrogen-bond donors (Lipinski definition) is 1. The predicted octanol–water partition coefficient (Wildman–Crippen LogP) is 2.54. The van der Waals surface area contributed by atoms with Gasteiger partial charge in [0.25, 0.3) is 0 Å². The molecule has 8 heteroatoms. The van der Waals surface area contributed by atoms with Crippen molar-refractivity contribution in [1.82, 2.24) is 14.6 Å². The maximum Gasteiger partial charge on any atom is 0.407 e. The SMILES string of the molecule is CN([C@H]1CC[C@H](NC(=O)OC(C)(C)C)CC1)S(=O)(=O)c1cccnc1. The van der Waals surface area contributed by atoms with Gasteiger partial charge < -0.3 is 10.1 Å². The van der Waals surface area contributed by atoms with Gasteiger partial charge in [-0.2, -0.15) is 4.31 Å². The monoisotopic (exact) mass is 369 g/mol. The highest BCUT2D eigenvalue weighted by molar-refractivity contribution is 7.89. The van der Waals surface area contributed by atoms with Crippen molar-refractivity contribution in [3.8, 4) is 0 Å². The zero-order chi connectivity index (χ0) is 18.7. The predicted molar refractivity (Wildman–Crippen MR) is 94.6 cm³/mol. The van der Waals surface area contributed by atoms with Crippen LogP contribution in [0.5, 0.6) is 0 Å². The van der Waals surface area contributed by atoms with Gasteiger partial charge in [-0.05, 0) is 58.6 Å². The summed E-state index contributed by atoms with van der Waals surface area (Å²) in [4.78, 5) is 15.9. The van der Waals surface area contributed by atoms with E-state index in [9.17, 15) is 13.2 Å². The van der Waals surface area contributed by atoms with E-state index in [2.05, 4.69) is 10.3 Å². The second kappa shape index (κ2) is 7.70. The first-order chi connectivity index (χ1) is 11.6. The van der Waals surface area contributed by atoms with Gasteiger partial charge in [-0.25, -0.2) is 13.2 Å². The topological polar surface area (TPSA) is 88.6 Å². The average molecular weight is 369 g/mol. The Kier molecular flexibility index (Phi) is 6.05. The molecule has 1 fully saturated rings. The van der Waals surface area contributed by atoms with Crippen LogP contribution in [0.1, 0.15) is 46.5 Å². The van der Waals surface area contributed by atoms with E-state index in [0.717, 1.165) is 12.8 Å². The Morgan fingerprint density at radius 2 is 1.92 bits per heavy atom. The molecule has 0 spiro atoms. The van der Waals surface area contributed by atoms with Crippen LogP contribution in [0, 0.1) is 0 Å². The molecule has 1 saturated carbocycles. The molecule has 0 saturated heterocycles. The summed E-state index contributed by atoms with van der Waals surface area (Å²) < 4.78 is 32.0. The Hall–Kier alpha value is -1.67. The van der Waals surface area contributed by atoms with E-state index in [1.165, 1.54) is 10.5 Å². The lowest BCUT2D eigenvalue weighted by atomic mass is 9.91. The molecule has 2 rings (SSSR count). The van der Waals surface area contributed by atoms with Crippen molar-refractivity contribution in [1.29, 1.82) is 0 Å². The normalized spacial score (nSPS) is 21.8. The molecular weight excluding hydrogens is 342 g/mol. The zero-order valence-corrected chi connectivity index (χ0v) is 16.0. The molecule has 0 bridgehead atoms. The van der Waals surface area contributed by atoms with E-state index in [0.29, 0.717) is 12.8 Å². The van der Waals surface area contributed by atoms with Crippen LogP contribution < -0.4 is 5.32 Å². The number of alkyl carbamates (subject to hydrolysis) is 1. The summed E-state index contributed by atoms with van der Waals surface area (Å²) in [5.74, 6) is 0. The largest absolute Gasteiger partial charge is 0.444 e. The molecule has 1 heterocycles. The Morgan fingerprint density at radius 1 is 1.28 bits per heavy atom. The van der Waals surface area contributed by atoms with Crippen LogP contribution in [0.4, 0.5) is 4.79 Å². The molecule has 0 aromatic carbocycles. The fourth-order valence-corrected chi connectivity index (χ4v) is 4.30. The van der Waals surface area contributed by atoms with Gasteiger partial charge in [-0.15, -0.1) is 0 Å². The van der Waals surface area contributed by atoms with Crippen LogP contribution in [-0.2, 0) is 14.8 Å². The number of rotatable bonds is 4. The molecule has 1 amide bonds. The van der Waals surface area contributed by atoms with Gasteiger partial charge >= 0.3 is 6.09 Å². The number of nitrogens with zero attached hydrogens (tertiary/aromatic N) is 2. The minimum absolute atomic E-state index is 0.0144. The molecule has 0 radical (unpaired) electrons. The second-order valence-corrected chi connectivity index (χ2v) is 9.36. The molecule has 1 aliphatic rings. The molecule has 1 N–H and O–H groups in total. The number of nitrogens with one attached hydrogen (secondary N) is 1. The molecule has 140 valence electrons. The fraction of sp³-hybridized carbons (Fsp3) is 0.647. The van der Waals surface area contributed by atoms with Gasteiger partial charge in [-0.1, -0.05) is 0 Å². The summed E-state index contributed by atoms with van der Waals surface area (Å²) in [6.45, 7) is 5.46. The van der Waals surface area contributed by atoms with Crippen LogP contribution >= 0.6 is 0 Å². The van der Waals surface area contributed by atoms with Crippen molar-refractivity contribution < 1.29 is 17.9 Å². The van der Waals surface area contributed by atoms with E-state index < -0.39 is 21.7 Å². The first kappa shape index (κ1) is 19.7. The highest BCUT2D eigenvalue weighted by Gasteiger charge is 2.32. The number of ether oxygens (including phenoxy) is 1. The van der Waals surface area contributed by atoms with Gasteiger partial charge in [0, 0.05) is 31.5 Å². The van der Waals surface area contributed by atoms with Crippen molar-refractivity contribution in [3.05, 3.63) is 24.5 Å². The number of pyridine rings is 1. The minimum Gasteiger partial charge on any atom is -0.444 e. The number of hydrogen-bond acceptors (Lipinski definition) is 5. The van der Waals surface area contributed by atoms with Crippen molar-refractivity contribution in [2.45, 2.75) is 69.0 Å². The molecular formula is C17H27N3O4S. The molecule has 1 aromatic rings. The maximum atomic E-state index is 12.6. The number of aromatic nitrogens is 1. The van der Waals surface area contributed by atoms with E-state index in [-0.39, 0.29) is 17.0 Å². The zero-order valence-electron chi connectivity index (χ0n) is 15.2. The average Bonchev–Trinajstić information content (AvgIpc) is 2.54. The van der Waals surface area contributed by atoms with E-state index >= 15 is 0 Å². The van der Waals surface area contributed by atoms with E-state index in [1.54, 1.807) is 25.4 Å². The fourth-order valence-electron chi connectivity index (χ4n) is 2.92. The first-order valence-corrected chi connectivity index (χ1v) is 9.91. The molecule has 0 unspecified atom stereocenters. The van der Waals surface area contributed by atoms with Crippen LogP contribution in [0.3, 0.4) is 0 Å². The van der Waals surface area contributed by atoms with Crippen LogP contribution in [-0.4, -0.2) is 48.5 Å². The van der Waals surface area contributed by atoms with Gasteiger partial charge in [0.1, 0.15) is 10.5 Å². The lowest BCUT2D eigenvalue weighted by Gasteiger charge is -2.34. The molecule has 1 aromatic heterocycles. The lowest BCUT2D eigenvalue weighted by Crippen LogP contribution is -2.45. The molecule has 7 nitrogen and oxygen atoms in total. The number of sulfonamides is 1. The minimum atomic E-state index is -3.54. The van der Waals surface area contributed by atoms with Crippen molar-refractivity contribution >= 4 is 16.1 Å². The Bertz CT molecular complexity index is 678. The summed E-state index contributed by atoms with van der Waals surface area (Å²) in [5.41, 5.74) is -0.528. The van der Waals surface area contributed by atoms with Gasteiger partial charge in [0.15, 0.2) is 0 Å². The number of amides is 1. The van der Waals surface area contributed by atoms with Crippen molar-refractivity contribution in [2.75, 3.05) is 7.05 Å². The highest BCUT2D eigenvalue weighted by Crippen LogP contribution is 2.26. The molecule has 0 atom stereocenters. The highest BCUT2D eigenvalue weighted by atomic mass is 32.2. The quantitative estimate of drug-likeness (QED) is 0.881. The standard InChI is InChI=1S/C17H27N3O4S/c1-17(2,3)24-16(21)19-13-7-9-14(10-8-13)20(4)25(22,23)15-6-5-11-18-12-15/h5-6,11-14H,7-10H2,1-4H3,(H,19,21)/t13-,14-. The molecule has 1 aliphatic carbocycles. The second-order valence-electron chi connectivity index (χ2n) is 7.36. The Balaban J connectivity index is 1.90. The van der Waals surface area contributed by atoms with Crippen LogP contribution in [0.15, 0.2) is 29.4 Å². The summed E-state index contributed by atoms with van der Waals surface area (Å²) in [6, 6.07) is 3.10. The third-order valence-corrected chi connectivity index (χ3v) is 6.14. The molecule has 0 aliphatic heterocycles. The van der Waals surface area contributed by atoms with Gasteiger partial charge in [0.05, 0.1) is 0 Å². The maximum absolute atomic E-state index is 12.6. The lowest BCUT2D eigenvalue weighted by molar-refractivity contribution is 0.0486. The summed E-state index contributed by atoms with van der Waals surface area (Å²) in [7, 11) is -1.94. The van der Waals surface area contributed by atoms with Crippen molar-refractivity contribution in [3.63, 3.8) is 0 Å². The van der Waals surface area contributed by atoms with Gasteiger partial charge in [-0.3, -0.25) is 4.98 Å². The molecule has 25 heavy (non-hydrogen) atoms. The van der Waals surface area contributed by atoms with Crippen LogP contribution in [0.25, 0.3) is 0 Å². The number of carbonyl (C=O) groups is 1. The summed E-state index contributed by atoms with van der Waals surface area (Å²) in [5, 5.41) is 2.87. The summed E-state index contributed by atoms with van der Waals surface area (Å²) >= 11 is 0.